The number of para-hydroxylation sites is 2. The number of benzene rings is 2. The molecule has 9 nitrogen and oxygen atoms in total. The van der Waals surface area contributed by atoms with Gasteiger partial charge in [0.05, 0.1) is 17.4 Å². The van der Waals surface area contributed by atoms with Crippen molar-refractivity contribution in [3.63, 3.8) is 0 Å². The fourth-order valence-electron chi connectivity index (χ4n) is 4.53. The van der Waals surface area contributed by atoms with Crippen LogP contribution in [0.15, 0.2) is 54.6 Å². The summed E-state index contributed by atoms with van der Waals surface area (Å²) < 4.78 is 11.3. The lowest BCUT2D eigenvalue weighted by Gasteiger charge is -2.19. The summed E-state index contributed by atoms with van der Waals surface area (Å²) in [6.45, 7) is 0.533. The van der Waals surface area contributed by atoms with Gasteiger partial charge in [-0.05, 0) is 37.1 Å². The summed E-state index contributed by atoms with van der Waals surface area (Å²) in [5.41, 5.74) is 4.96. The third kappa shape index (κ3) is 5.98. The minimum Gasteiger partial charge on any atom is -0.490 e. The van der Waals surface area contributed by atoms with Gasteiger partial charge < -0.3 is 9.47 Å². The highest BCUT2D eigenvalue weighted by atomic mass is 16.5. The van der Waals surface area contributed by atoms with Crippen molar-refractivity contribution in [2.24, 2.45) is 11.8 Å². The summed E-state index contributed by atoms with van der Waals surface area (Å²) >= 11 is 0. The van der Waals surface area contributed by atoms with Crippen LogP contribution in [0, 0.1) is 11.8 Å². The van der Waals surface area contributed by atoms with E-state index in [-0.39, 0.29) is 48.8 Å². The molecule has 1 aliphatic carbocycles. The molecule has 4 amide bonds. The van der Waals surface area contributed by atoms with Gasteiger partial charge in [0.15, 0.2) is 0 Å². The van der Waals surface area contributed by atoms with E-state index < -0.39 is 11.8 Å². The zero-order chi connectivity index (χ0) is 24.6. The van der Waals surface area contributed by atoms with Gasteiger partial charge in [-0.2, -0.15) is 0 Å². The number of nitrogens with one attached hydrogen (secondary N) is 2. The second kappa shape index (κ2) is 11.5. The lowest BCUT2D eigenvalue weighted by atomic mass is 9.81. The lowest BCUT2D eigenvalue weighted by Crippen LogP contribution is -2.43. The van der Waals surface area contributed by atoms with E-state index in [1.165, 1.54) is 4.90 Å². The number of nitrogens with zero attached hydrogens (tertiary/aromatic N) is 1. The molecule has 0 aromatic heterocycles. The monoisotopic (exact) mass is 479 g/mol. The van der Waals surface area contributed by atoms with Crippen LogP contribution in [0.4, 0.5) is 0 Å². The quantitative estimate of drug-likeness (QED) is 0.325. The van der Waals surface area contributed by atoms with Crippen LogP contribution in [0.25, 0.3) is 0 Å². The van der Waals surface area contributed by atoms with E-state index >= 15 is 0 Å². The zero-order valence-electron chi connectivity index (χ0n) is 19.4. The summed E-state index contributed by atoms with van der Waals surface area (Å²) in [6, 6.07) is 16.0. The Morgan fingerprint density at radius 3 is 2.17 bits per heavy atom. The van der Waals surface area contributed by atoms with Gasteiger partial charge in [0.25, 0.3) is 5.91 Å². The van der Waals surface area contributed by atoms with Crippen molar-refractivity contribution in [2.45, 2.75) is 32.1 Å². The van der Waals surface area contributed by atoms with Crippen molar-refractivity contribution in [1.82, 2.24) is 15.8 Å². The van der Waals surface area contributed by atoms with Crippen molar-refractivity contribution in [3.05, 3.63) is 60.2 Å². The second-order valence-corrected chi connectivity index (χ2v) is 8.58. The van der Waals surface area contributed by atoms with Gasteiger partial charge in [-0.25, -0.2) is 0 Å². The zero-order valence-corrected chi connectivity index (χ0v) is 19.4. The van der Waals surface area contributed by atoms with E-state index in [1.54, 1.807) is 24.3 Å². The minimum absolute atomic E-state index is 0.00742. The Labute approximate surface area is 203 Å². The fourth-order valence-corrected chi connectivity index (χ4v) is 4.53. The molecule has 2 unspecified atom stereocenters. The molecular formula is C26H29N3O6. The van der Waals surface area contributed by atoms with Gasteiger partial charge in [0.1, 0.15) is 24.7 Å². The molecule has 0 bridgehead atoms. The average molecular weight is 480 g/mol. The normalized spacial score (nSPS) is 19.1. The molecule has 184 valence electrons. The van der Waals surface area contributed by atoms with E-state index in [0.717, 1.165) is 31.4 Å². The van der Waals surface area contributed by atoms with Crippen LogP contribution in [0.3, 0.4) is 0 Å². The first-order valence-electron chi connectivity index (χ1n) is 11.9. The Morgan fingerprint density at radius 1 is 0.829 bits per heavy atom. The van der Waals surface area contributed by atoms with E-state index in [0.29, 0.717) is 12.4 Å². The molecule has 2 aromatic carbocycles. The van der Waals surface area contributed by atoms with E-state index in [9.17, 15) is 19.2 Å². The molecule has 1 aliphatic heterocycles. The highest BCUT2D eigenvalue weighted by molar-refractivity contribution is 6.05. The van der Waals surface area contributed by atoms with Gasteiger partial charge in [0.2, 0.25) is 17.7 Å². The van der Waals surface area contributed by atoms with Crippen LogP contribution >= 0.6 is 0 Å². The summed E-state index contributed by atoms with van der Waals surface area (Å²) in [7, 11) is 0. The number of carbonyl (C=O) groups is 4. The number of imide groups is 1. The van der Waals surface area contributed by atoms with Gasteiger partial charge in [0, 0.05) is 13.0 Å². The maximum atomic E-state index is 12.6. The van der Waals surface area contributed by atoms with Crippen LogP contribution in [-0.4, -0.2) is 48.3 Å². The average Bonchev–Trinajstić information content (AvgIpc) is 3.14. The first kappa shape index (κ1) is 24.3. The van der Waals surface area contributed by atoms with Crippen LogP contribution in [0.2, 0.25) is 0 Å². The predicted molar refractivity (Wildman–Crippen MR) is 126 cm³/mol. The number of ether oxygens (including phenoxy) is 2. The Balaban J connectivity index is 1.22. The molecular weight excluding hydrogens is 450 g/mol. The Kier molecular flexibility index (Phi) is 7.97. The number of amides is 4. The Hall–Kier alpha value is -3.88. The number of hydrogen-bond acceptors (Lipinski definition) is 6. The Morgan fingerprint density at radius 2 is 1.46 bits per heavy atom. The number of fused-ring (bicyclic) bond motifs is 1. The number of hydrazine groups is 1. The molecule has 1 saturated carbocycles. The molecule has 1 saturated heterocycles. The Bertz CT molecular complexity index is 1050. The highest BCUT2D eigenvalue weighted by Crippen LogP contribution is 2.37. The maximum absolute atomic E-state index is 12.6. The molecule has 1 heterocycles. The van der Waals surface area contributed by atoms with Crippen molar-refractivity contribution >= 4 is 23.6 Å². The van der Waals surface area contributed by atoms with Gasteiger partial charge in [-0.1, -0.05) is 43.2 Å². The van der Waals surface area contributed by atoms with Gasteiger partial charge in [-0.3, -0.25) is 34.9 Å². The lowest BCUT2D eigenvalue weighted by molar-refractivity contribution is -0.140. The number of rotatable bonds is 9. The van der Waals surface area contributed by atoms with Crippen molar-refractivity contribution in [1.29, 1.82) is 0 Å². The van der Waals surface area contributed by atoms with Crippen LogP contribution in [0.5, 0.6) is 11.5 Å². The van der Waals surface area contributed by atoms with Crippen LogP contribution in [-0.2, 0) is 14.4 Å². The molecule has 0 spiro atoms. The van der Waals surface area contributed by atoms with Gasteiger partial charge in [-0.15, -0.1) is 0 Å². The van der Waals surface area contributed by atoms with Crippen LogP contribution in [0.1, 0.15) is 42.5 Å². The standard InChI is InChI=1S/C26H29N3O6/c30-23(14-15-29-25(32)19-10-4-5-11-20(19)26(29)33)27-28-24(31)21-12-6-7-13-22(21)35-17-16-34-18-8-2-1-3-9-18/h1-3,6-9,12-13,19-20H,4-5,10-11,14-17H2,(H,27,30)(H,28,31). The first-order valence-corrected chi connectivity index (χ1v) is 11.9. The predicted octanol–water partition coefficient (Wildman–Crippen LogP) is 2.47. The van der Waals surface area contributed by atoms with Crippen molar-refractivity contribution in [3.8, 4) is 11.5 Å². The fraction of sp³-hybridized carbons (Fsp3) is 0.385. The SMILES string of the molecule is O=C(CCN1C(=O)C2CCCCC2C1=O)NNC(=O)c1ccccc1OCCOc1ccccc1. The van der Waals surface area contributed by atoms with Gasteiger partial charge >= 0.3 is 0 Å². The van der Waals surface area contributed by atoms with E-state index in [4.69, 9.17) is 9.47 Å². The molecule has 9 heteroatoms. The molecule has 2 aromatic rings. The molecule has 0 radical (unpaired) electrons. The summed E-state index contributed by atoms with van der Waals surface area (Å²) in [6.07, 6.45) is 3.27. The minimum atomic E-state index is -0.544. The topological polar surface area (TPSA) is 114 Å². The molecule has 2 N–H and O–H groups in total. The largest absolute Gasteiger partial charge is 0.490 e. The highest BCUT2D eigenvalue weighted by Gasteiger charge is 2.47. The van der Waals surface area contributed by atoms with Crippen LogP contribution < -0.4 is 20.3 Å². The van der Waals surface area contributed by atoms with E-state index in [2.05, 4.69) is 10.9 Å². The van der Waals surface area contributed by atoms with Crippen molar-refractivity contribution in [2.75, 3.05) is 19.8 Å². The van der Waals surface area contributed by atoms with Crippen molar-refractivity contribution < 1.29 is 28.7 Å². The summed E-state index contributed by atoms with van der Waals surface area (Å²) in [4.78, 5) is 51.1. The summed E-state index contributed by atoms with van der Waals surface area (Å²) in [5.74, 6) is -0.812. The van der Waals surface area contributed by atoms with E-state index in [1.807, 2.05) is 30.3 Å². The third-order valence-corrected chi connectivity index (χ3v) is 6.29. The second-order valence-electron chi connectivity index (χ2n) is 8.58. The molecule has 2 atom stereocenters. The smallest absolute Gasteiger partial charge is 0.273 e. The molecule has 35 heavy (non-hydrogen) atoms. The molecule has 4 rings (SSSR count). The number of likely N-dealkylation sites (tertiary alicyclic amines) is 1. The molecule has 2 aliphatic rings. The number of carbonyl (C=O) groups excluding carboxylic acids is 4. The maximum Gasteiger partial charge on any atom is 0.273 e. The molecule has 2 fully saturated rings. The third-order valence-electron chi connectivity index (χ3n) is 6.29. The first-order chi connectivity index (χ1) is 17.0. The number of hydrogen-bond donors (Lipinski definition) is 2. The summed E-state index contributed by atoms with van der Waals surface area (Å²) in [5, 5.41) is 0.